The zero-order valence-electron chi connectivity index (χ0n) is 11.5. The number of aromatic carboxylic acids is 1. The minimum Gasteiger partial charge on any atom is -0.478 e. The third kappa shape index (κ3) is 2.26. The zero-order valence-corrected chi connectivity index (χ0v) is 11.5. The fourth-order valence-electron chi connectivity index (χ4n) is 2.13. The molecule has 0 fully saturated rings. The van der Waals surface area contributed by atoms with Crippen molar-refractivity contribution in [1.29, 1.82) is 0 Å². The second-order valence-corrected chi connectivity index (χ2v) is 5.76. The molecule has 0 aliphatic rings. The number of aromatic nitrogens is 1. The molecular weight excluding hydrogens is 242 g/mol. The molecule has 0 bridgehead atoms. The maximum atomic E-state index is 11.6. The Morgan fingerprint density at radius 1 is 1.16 bits per heavy atom. The lowest BCUT2D eigenvalue weighted by molar-refractivity contribution is 0.0698. The van der Waals surface area contributed by atoms with Gasteiger partial charge in [-0.15, -0.1) is 0 Å². The Hall–Kier alpha value is -2.10. The number of carbonyl (C=O) groups is 2. The molecule has 2 aromatic rings. The van der Waals surface area contributed by atoms with Crippen molar-refractivity contribution in [3.63, 3.8) is 0 Å². The first-order chi connectivity index (χ1) is 8.71. The van der Waals surface area contributed by atoms with Crippen LogP contribution in [0, 0.1) is 0 Å². The summed E-state index contributed by atoms with van der Waals surface area (Å²) in [5, 5.41) is 9.99. The van der Waals surface area contributed by atoms with E-state index in [0.29, 0.717) is 16.5 Å². The van der Waals surface area contributed by atoms with E-state index in [1.54, 1.807) is 12.3 Å². The van der Waals surface area contributed by atoms with Gasteiger partial charge < -0.3 is 10.1 Å². The van der Waals surface area contributed by atoms with Crippen molar-refractivity contribution in [3.8, 4) is 0 Å². The number of carboxylic acids is 1. The van der Waals surface area contributed by atoms with Crippen LogP contribution in [-0.4, -0.2) is 21.8 Å². The summed E-state index contributed by atoms with van der Waals surface area (Å²) in [5.41, 5.74) is 1.97. The Morgan fingerprint density at radius 2 is 1.79 bits per heavy atom. The highest BCUT2D eigenvalue weighted by atomic mass is 16.4. The Balaban J connectivity index is 2.86. The van der Waals surface area contributed by atoms with Crippen LogP contribution in [0.15, 0.2) is 18.3 Å². The number of aromatic amines is 1. The van der Waals surface area contributed by atoms with E-state index in [2.05, 4.69) is 4.98 Å². The maximum Gasteiger partial charge on any atom is 0.337 e. The van der Waals surface area contributed by atoms with Gasteiger partial charge in [0.1, 0.15) is 0 Å². The third-order valence-corrected chi connectivity index (χ3v) is 3.27. The molecule has 1 aromatic heterocycles. The van der Waals surface area contributed by atoms with Crippen molar-refractivity contribution < 1.29 is 14.7 Å². The van der Waals surface area contributed by atoms with Crippen molar-refractivity contribution in [3.05, 3.63) is 35.0 Å². The van der Waals surface area contributed by atoms with Gasteiger partial charge in [0.2, 0.25) is 0 Å². The first-order valence-electron chi connectivity index (χ1n) is 6.11. The molecule has 100 valence electrons. The predicted octanol–water partition coefficient (Wildman–Crippen LogP) is 3.37. The van der Waals surface area contributed by atoms with Gasteiger partial charge in [0.15, 0.2) is 5.78 Å². The van der Waals surface area contributed by atoms with Crippen molar-refractivity contribution in [2.24, 2.45) is 0 Å². The highest BCUT2D eigenvalue weighted by molar-refractivity contribution is 6.11. The van der Waals surface area contributed by atoms with Crippen LogP contribution in [0.3, 0.4) is 0 Å². The first-order valence-corrected chi connectivity index (χ1v) is 6.11. The Kier molecular flexibility index (Phi) is 2.97. The SMILES string of the molecule is CC(=O)c1c[nH]c2c(C(=O)O)cc(C(C)(C)C)cc12. The van der Waals surface area contributed by atoms with E-state index in [1.165, 1.54) is 6.92 Å². The van der Waals surface area contributed by atoms with Gasteiger partial charge in [-0.1, -0.05) is 20.8 Å². The molecule has 1 heterocycles. The van der Waals surface area contributed by atoms with Gasteiger partial charge >= 0.3 is 5.97 Å². The highest BCUT2D eigenvalue weighted by Crippen LogP contribution is 2.30. The number of hydrogen-bond acceptors (Lipinski definition) is 2. The minimum absolute atomic E-state index is 0.0753. The fourth-order valence-corrected chi connectivity index (χ4v) is 2.13. The Labute approximate surface area is 111 Å². The number of carbonyl (C=O) groups excluding carboxylic acids is 1. The van der Waals surface area contributed by atoms with Gasteiger partial charge in [0, 0.05) is 17.1 Å². The average Bonchev–Trinajstić information content (AvgIpc) is 2.69. The molecule has 0 aliphatic heterocycles. The summed E-state index contributed by atoms with van der Waals surface area (Å²) < 4.78 is 0. The second kappa shape index (κ2) is 4.23. The van der Waals surface area contributed by atoms with Crippen LogP contribution >= 0.6 is 0 Å². The van der Waals surface area contributed by atoms with Crippen LogP contribution in [0.2, 0.25) is 0 Å². The molecule has 1 aromatic carbocycles. The molecule has 0 saturated carbocycles. The molecule has 4 heteroatoms. The lowest BCUT2D eigenvalue weighted by Gasteiger charge is -2.20. The zero-order chi connectivity index (χ0) is 14.4. The summed E-state index contributed by atoms with van der Waals surface area (Å²) in [7, 11) is 0. The van der Waals surface area contributed by atoms with Gasteiger partial charge in [-0.3, -0.25) is 4.79 Å². The Morgan fingerprint density at radius 3 is 2.26 bits per heavy atom. The first kappa shape index (κ1) is 13.3. The van der Waals surface area contributed by atoms with E-state index in [4.69, 9.17) is 0 Å². The molecule has 19 heavy (non-hydrogen) atoms. The van der Waals surface area contributed by atoms with Gasteiger partial charge in [-0.05, 0) is 30.0 Å². The van der Waals surface area contributed by atoms with Crippen LogP contribution in [0.5, 0.6) is 0 Å². The quantitative estimate of drug-likeness (QED) is 0.812. The molecule has 0 spiro atoms. The van der Waals surface area contributed by atoms with E-state index in [1.807, 2.05) is 26.8 Å². The van der Waals surface area contributed by atoms with Crippen molar-refractivity contribution in [2.75, 3.05) is 0 Å². The Bertz CT molecular complexity index is 674. The molecule has 0 saturated heterocycles. The second-order valence-electron chi connectivity index (χ2n) is 5.76. The number of fused-ring (bicyclic) bond motifs is 1. The fraction of sp³-hybridized carbons (Fsp3) is 0.333. The average molecular weight is 259 g/mol. The third-order valence-electron chi connectivity index (χ3n) is 3.27. The summed E-state index contributed by atoms with van der Waals surface area (Å²) in [6.07, 6.45) is 1.58. The summed E-state index contributed by atoms with van der Waals surface area (Å²) in [4.78, 5) is 25.9. The summed E-state index contributed by atoms with van der Waals surface area (Å²) in [5.74, 6) is -1.07. The molecule has 0 atom stereocenters. The number of H-pyrrole nitrogens is 1. The minimum atomic E-state index is -0.993. The number of nitrogens with one attached hydrogen (secondary N) is 1. The molecule has 0 unspecified atom stereocenters. The van der Waals surface area contributed by atoms with Crippen LogP contribution < -0.4 is 0 Å². The number of Topliss-reactive ketones (excluding diaryl/α,β-unsaturated/α-hetero) is 1. The number of benzene rings is 1. The van der Waals surface area contributed by atoms with E-state index in [0.717, 1.165) is 5.56 Å². The predicted molar refractivity (Wildman–Crippen MR) is 74.0 cm³/mol. The standard InChI is InChI=1S/C15H17NO3/c1-8(17)12-7-16-13-10(12)5-9(15(2,3)4)6-11(13)14(18)19/h5-7,16H,1-4H3,(H,18,19). The van der Waals surface area contributed by atoms with E-state index in [9.17, 15) is 14.7 Å². The molecule has 2 rings (SSSR count). The van der Waals surface area contributed by atoms with Gasteiger partial charge in [0.25, 0.3) is 0 Å². The van der Waals surface area contributed by atoms with Crippen molar-refractivity contribution in [1.82, 2.24) is 4.98 Å². The normalized spacial score (nSPS) is 11.8. The van der Waals surface area contributed by atoms with Crippen LogP contribution in [-0.2, 0) is 5.41 Å². The van der Waals surface area contributed by atoms with Crippen molar-refractivity contribution >= 4 is 22.7 Å². The van der Waals surface area contributed by atoms with Crippen LogP contribution in [0.25, 0.3) is 10.9 Å². The summed E-state index contributed by atoms with van der Waals surface area (Å²) >= 11 is 0. The van der Waals surface area contributed by atoms with E-state index >= 15 is 0 Å². The maximum absolute atomic E-state index is 11.6. The summed E-state index contributed by atoms with van der Waals surface area (Å²) in [6, 6.07) is 3.57. The lowest BCUT2D eigenvalue weighted by Crippen LogP contribution is -2.13. The highest BCUT2D eigenvalue weighted by Gasteiger charge is 2.21. The monoisotopic (exact) mass is 259 g/mol. The smallest absolute Gasteiger partial charge is 0.337 e. The van der Waals surface area contributed by atoms with Crippen LogP contribution in [0.4, 0.5) is 0 Å². The van der Waals surface area contributed by atoms with Crippen LogP contribution in [0.1, 0.15) is 54.0 Å². The molecule has 2 N–H and O–H groups in total. The van der Waals surface area contributed by atoms with Gasteiger partial charge in [-0.25, -0.2) is 4.79 Å². The topological polar surface area (TPSA) is 70.2 Å². The number of ketones is 1. The van der Waals surface area contributed by atoms with Crippen molar-refractivity contribution in [2.45, 2.75) is 33.1 Å². The molecular formula is C15H17NO3. The van der Waals surface area contributed by atoms with E-state index < -0.39 is 5.97 Å². The lowest BCUT2D eigenvalue weighted by atomic mass is 9.85. The molecule has 0 amide bonds. The molecule has 0 radical (unpaired) electrons. The van der Waals surface area contributed by atoms with Gasteiger partial charge in [-0.2, -0.15) is 0 Å². The molecule has 0 aliphatic carbocycles. The van der Waals surface area contributed by atoms with Gasteiger partial charge in [0.05, 0.1) is 11.1 Å². The summed E-state index contributed by atoms with van der Waals surface area (Å²) in [6.45, 7) is 7.52. The number of carboxylic acid groups (broad SMARTS) is 1. The number of hydrogen-bond donors (Lipinski definition) is 2. The van der Waals surface area contributed by atoms with E-state index in [-0.39, 0.29) is 16.8 Å². The largest absolute Gasteiger partial charge is 0.478 e. The number of rotatable bonds is 2. The molecule has 4 nitrogen and oxygen atoms in total.